The zero-order chi connectivity index (χ0) is 13.8. The summed E-state index contributed by atoms with van der Waals surface area (Å²) in [5, 5.41) is 3.21. The number of aliphatic imine (C=N–C) groups is 1. The summed E-state index contributed by atoms with van der Waals surface area (Å²) in [6.07, 6.45) is -2.28. The van der Waals surface area contributed by atoms with Crippen molar-refractivity contribution in [3.05, 3.63) is 11.1 Å². The van der Waals surface area contributed by atoms with Crippen molar-refractivity contribution in [3.63, 3.8) is 0 Å². The summed E-state index contributed by atoms with van der Waals surface area (Å²) >= 11 is 0. The molecule has 0 radical (unpaired) electrons. The maximum atomic E-state index is 11.8. The third-order valence-corrected chi connectivity index (χ3v) is 3.80. The van der Waals surface area contributed by atoms with Crippen LogP contribution in [-0.2, 0) is 14.7 Å². The molecule has 0 saturated carbocycles. The standard InChI is InChI=1S/C9H11F3N2O3S/c1-2-18(15,16)8-3-7(4-13-5-8)14-17-6-9(10,11)12/h4-5H,2-3,6H2,1H3. The Labute approximate surface area is 102 Å². The monoisotopic (exact) mass is 284 g/mol. The number of nitrogens with zero attached hydrogens (tertiary/aromatic N) is 2. The highest BCUT2D eigenvalue weighted by molar-refractivity contribution is 7.95. The van der Waals surface area contributed by atoms with E-state index in [1.165, 1.54) is 6.92 Å². The van der Waals surface area contributed by atoms with Crippen LogP contribution in [0.2, 0.25) is 0 Å². The molecule has 0 aromatic carbocycles. The quantitative estimate of drug-likeness (QED) is 0.737. The highest BCUT2D eigenvalue weighted by Crippen LogP contribution is 2.17. The number of hydrogen-bond donors (Lipinski definition) is 0. The van der Waals surface area contributed by atoms with E-state index >= 15 is 0 Å². The molecule has 102 valence electrons. The number of alkyl halides is 3. The van der Waals surface area contributed by atoms with Crippen molar-refractivity contribution in [3.8, 4) is 0 Å². The molecule has 0 aliphatic carbocycles. The molecule has 0 amide bonds. The Kier molecular flexibility index (Phi) is 4.49. The van der Waals surface area contributed by atoms with Gasteiger partial charge in [0.15, 0.2) is 9.84 Å². The fraction of sp³-hybridized carbons (Fsp3) is 0.556. The van der Waals surface area contributed by atoms with Gasteiger partial charge in [-0.05, 0) is 0 Å². The fourth-order valence-electron chi connectivity index (χ4n) is 1.10. The molecular formula is C9H11F3N2O3S. The maximum Gasteiger partial charge on any atom is 0.425 e. The van der Waals surface area contributed by atoms with Crippen molar-refractivity contribution in [1.82, 2.24) is 0 Å². The maximum absolute atomic E-state index is 11.8. The number of halogens is 3. The third-order valence-electron chi connectivity index (χ3n) is 1.99. The van der Waals surface area contributed by atoms with Crippen LogP contribution in [0.1, 0.15) is 13.3 Å². The molecule has 0 N–H and O–H groups in total. The van der Waals surface area contributed by atoms with Crippen LogP contribution in [0.5, 0.6) is 0 Å². The van der Waals surface area contributed by atoms with E-state index in [9.17, 15) is 21.6 Å². The van der Waals surface area contributed by atoms with Crippen LogP contribution in [0.4, 0.5) is 13.2 Å². The van der Waals surface area contributed by atoms with Gasteiger partial charge in [-0.15, -0.1) is 0 Å². The molecule has 0 atom stereocenters. The first-order valence-corrected chi connectivity index (χ1v) is 6.60. The second-order valence-corrected chi connectivity index (χ2v) is 5.76. The third kappa shape index (κ3) is 4.47. The van der Waals surface area contributed by atoms with Crippen molar-refractivity contribution in [2.24, 2.45) is 10.1 Å². The summed E-state index contributed by atoms with van der Waals surface area (Å²) in [5.41, 5.74) is 0.0359. The molecule has 0 unspecified atom stereocenters. The van der Waals surface area contributed by atoms with Gasteiger partial charge in [0.25, 0.3) is 0 Å². The lowest BCUT2D eigenvalue weighted by Gasteiger charge is -2.10. The first kappa shape index (κ1) is 14.7. The van der Waals surface area contributed by atoms with Crippen molar-refractivity contribution in [2.75, 3.05) is 12.4 Å². The van der Waals surface area contributed by atoms with Gasteiger partial charge in [-0.3, -0.25) is 4.99 Å². The SMILES string of the molecule is CCS(=O)(=O)C1=CN=CC(=NOCC(F)(F)F)C1. The number of oxime groups is 1. The minimum absolute atomic E-state index is 0.0156. The molecule has 1 heterocycles. The van der Waals surface area contributed by atoms with E-state index in [1.807, 2.05) is 0 Å². The van der Waals surface area contributed by atoms with Gasteiger partial charge in [-0.25, -0.2) is 8.42 Å². The zero-order valence-corrected chi connectivity index (χ0v) is 10.3. The Morgan fingerprint density at radius 3 is 2.72 bits per heavy atom. The molecule has 18 heavy (non-hydrogen) atoms. The summed E-state index contributed by atoms with van der Waals surface area (Å²) in [4.78, 5) is 7.71. The fourth-order valence-corrected chi connectivity index (χ4v) is 2.06. The molecule has 0 spiro atoms. The van der Waals surface area contributed by atoms with Gasteiger partial charge in [0.05, 0.1) is 16.9 Å². The summed E-state index contributed by atoms with van der Waals surface area (Å²) in [6.45, 7) is -0.0601. The summed E-state index contributed by atoms with van der Waals surface area (Å²) in [6, 6.07) is 0. The van der Waals surface area contributed by atoms with Crippen molar-refractivity contribution in [2.45, 2.75) is 19.5 Å². The van der Waals surface area contributed by atoms with Gasteiger partial charge in [0.1, 0.15) is 5.71 Å². The van der Waals surface area contributed by atoms with E-state index in [0.29, 0.717) is 0 Å². The molecular weight excluding hydrogens is 273 g/mol. The van der Waals surface area contributed by atoms with Gasteiger partial charge >= 0.3 is 6.18 Å². The van der Waals surface area contributed by atoms with Gasteiger partial charge in [0, 0.05) is 12.6 Å². The largest absolute Gasteiger partial charge is 0.425 e. The first-order chi connectivity index (χ1) is 8.24. The van der Waals surface area contributed by atoms with E-state index in [0.717, 1.165) is 12.4 Å². The topological polar surface area (TPSA) is 68.1 Å². The number of allylic oxidation sites excluding steroid dienone is 1. The average molecular weight is 284 g/mol. The molecule has 0 aromatic rings. The molecule has 1 aliphatic heterocycles. The van der Waals surface area contributed by atoms with Crippen molar-refractivity contribution >= 4 is 21.8 Å². The van der Waals surface area contributed by atoms with Crippen LogP contribution in [0.15, 0.2) is 21.3 Å². The van der Waals surface area contributed by atoms with Gasteiger partial charge in [-0.1, -0.05) is 12.1 Å². The van der Waals surface area contributed by atoms with Crippen LogP contribution < -0.4 is 0 Å². The van der Waals surface area contributed by atoms with Crippen LogP contribution in [0.3, 0.4) is 0 Å². The number of hydrogen-bond acceptors (Lipinski definition) is 5. The van der Waals surface area contributed by atoms with Crippen LogP contribution in [-0.4, -0.2) is 38.9 Å². The molecule has 0 fully saturated rings. The van der Waals surface area contributed by atoms with E-state index in [4.69, 9.17) is 0 Å². The smallest absolute Gasteiger partial charge is 0.386 e. The molecule has 0 bridgehead atoms. The van der Waals surface area contributed by atoms with Crippen LogP contribution >= 0.6 is 0 Å². The Morgan fingerprint density at radius 1 is 1.50 bits per heavy atom. The molecule has 1 rings (SSSR count). The molecule has 1 aliphatic rings. The minimum Gasteiger partial charge on any atom is -0.386 e. The van der Waals surface area contributed by atoms with Crippen LogP contribution in [0, 0.1) is 0 Å². The number of sulfone groups is 1. The minimum atomic E-state index is -4.48. The Hall–Kier alpha value is -1.38. The highest BCUT2D eigenvalue weighted by atomic mass is 32.2. The van der Waals surface area contributed by atoms with Crippen molar-refractivity contribution < 1.29 is 26.4 Å². The summed E-state index contributed by atoms with van der Waals surface area (Å²) < 4.78 is 58.4. The van der Waals surface area contributed by atoms with Gasteiger partial charge in [0.2, 0.25) is 6.61 Å². The Balaban J connectivity index is 2.67. The summed E-state index contributed by atoms with van der Waals surface area (Å²) in [7, 11) is -3.42. The normalized spacial score (nSPS) is 18.9. The molecule has 9 heteroatoms. The lowest BCUT2D eigenvalue weighted by atomic mass is 10.2. The highest BCUT2D eigenvalue weighted by Gasteiger charge is 2.29. The van der Waals surface area contributed by atoms with E-state index in [-0.39, 0.29) is 22.8 Å². The molecule has 0 saturated heterocycles. The van der Waals surface area contributed by atoms with Gasteiger partial charge in [-0.2, -0.15) is 13.2 Å². The average Bonchev–Trinajstić information content (AvgIpc) is 2.28. The van der Waals surface area contributed by atoms with Crippen molar-refractivity contribution in [1.29, 1.82) is 0 Å². The number of rotatable bonds is 4. The van der Waals surface area contributed by atoms with E-state index in [2.05, 4.69) is 15.0 Å². The molecule has 0 aromatic heterocycles. The van der Waals surface area contributed by atoms with Gasteiger partial charge < -0.3 is 4.84 Å². The lowest BCUT2D eigenvalue weighted by Crippen LogP contribution is -2.18. The van der Waals surface area contributed by atoms with E-state index < -0.39 is 22.6 Å². The second kappa shape index (κ2) is 5.51. The Morgan fingerprint density at radius 2 is 2.17 bits per heavy atom. The first-order valence-electron chi connectivity index (χ1n) is 4.95. The van der Waals surface area contributed by atoms with E-state index in [1.54, 1.807) is 0 Å². The second-order valence-electron chi connectivity index (χ2n) is 3.43. The predicted molar refractivity (Wildman–Crippen MR) is 60.1 cm³/mol. The predicted octanol–water partition coefficient (Wildman–Crippen LogP) is 1.67. The van der Waals surface area contributed by atoms with Crippen LogP contribution in [0.25, 0.3) is 0 Å². The summed E-state index contributed by atoms with van der Waals surface area (Å²) in [5.74, 6) is -0.106. The zero-order valence-electron chi connectivity index (χ0n) is 9.44. The Bertz CT molecular complexity index is 492. The lowest BCUT2D eigenvalue weighted by molar-refractivity contribution is -0.173. The molecule has 5 nitrogen and oxygen atoms in total.